The Morgan fingerprint density at radius 2 is 1.77 bits per heavy atom. The van der Waals surface area contributed by atoms with Crippen LogP contribution in [0.15, 0.2) is 48.5 Å². The van der Waals surface area contributed by atoms with Gasteiger partial charge in [-0.3, -0.25) is 9.59 Å². The highest BCUT2D eigenvalue weighted by Crippen LogP contribution is 2.15. The first-order chi connectivity index (χ1) is 12.4. The topological polar surface area (TPSA) is 64.6 Å². The summed E-state index contributed by atoms with van der Waals surface area (Å²) in [5, 5.41) is 2.73. The Morgan fingerprint density at radius 3 is 2.46 bits per heavy atom. The van der Waals surface area contributed by atoms with Gasteiger partial charge in [-0.25, -0.2) is 0 Å². The summed E-state index contributed by atoms with van der Waals surface area (Å²) in [5.74, 6) is -0.0610. The minimum atomic E-state index is -0.447. The number of carbonyl (C=O) groups is 2. The zero-order chi connectivity index (χ0) is 18.9. The SMILES string of the molecule is Cc1ccc(CNC(=O)COC(=O)Cc2cccc(OC(C)C)c2)cc1. The first-order valence-corrected chi connectivity index (χ1v) is 8.66. The molecule has 0 atom stereocenters. The lowest BCUT2D eigenvalue weighted by Crippen LogP contribution is -2.28. The molecule has 2 rings (SSSR count). The molecule has 0 fully saturated rings. The van der Waals surface area contributed by atoms with Crippen LogP contribution in [-0.2, 0) is 27.3 Å². The number of ether oxygens (including phenoxy) is 2. The lowest BCUT2D eigenvalue weighted by Gasteiger charge is -2.11. The third-order valence-electron chi connectivity index (χ3n) is 3.59. The lowest BCUT2D eigenvalue weighted by atomic mass is 10.1. The summed E-state index contributed by atoms with van der Waals surface area (Å²) >= 11 is 0. The van der Waals surface area contributed by atoms with E-state index in [0.29, 0.717) is 12.3 Å². The number of esters is 1. The Morgan fingerprint density at radius 1 is 1.04 bits per heavy atom. The molecule has 0 saturated carbocycles. The summed E-state index contributed by atoms with van der Waals surface area (Å²) in [6.45, 7) is 6.01. The van der Waals surface area contributed by atoms with Crippen molar-refractivity contribution in [3.05, 3.63) is 65.2 Å². The average Bonchev–Trinajstić information content (AvgIpc) is 2.59. The molecule has 0 saturated heterocycles. The van der Waals surface area contributed by atoms with Gasteiger partial charge in [0, 0.05) is 6.54 Å². The van der Waals surface area contributed by atoms with Gasteiger partial charge in [-0.2, -0.15) is 0 Å². The molecule has 0 aliphatic heterocycles. The molecule has 0 aromatic heterocycles. The molecule has 2 aromatic rings. The van der Waals surface area contributed by atoms with E-state index in [-0.39, 0.29) is 25.0 Å². The fourth-order valence-corrected chi connectivity index (χ4v) is 2.32. The molecule has 138 valence electrons. The molecule has 5 heteroatoms. The molecule has 1 amide bonds. The van der Waals surface area contributed by atoms with Crippen molar-refractivity contribution >= 4 is 11.9 Å². The van der Waals surface area contributed by atoms with Crippen molar-refractivity contribution in [3.63, 3.8) is 0 Å². The fourth-order valence-electron chi connectivity index (χ4n) is 2.32. The molecule has 0 aliphatic rings. The van der Waals surface area contributed by atoms with Crippen LogP contribution in [0.2, 0.25) is 0 Å². The lowest BCUT2D eigenvalue weighted by molar-refractivity contribution is -0.147. The molecule has 1 N–H and O–H groups in total. The van der Waals surface area contributed by atoms with Crippen LogP contribution in [0, 0.1) is 6.92 Å². The van der Waals surface area contributed by atoms with E-state index >= 15 is 0 Å². The highest BCUT2D eigenvalue weighted by atomic mass is 16.5. The molecular weight excluding hydrogens is 330 g/mol. The summed E-state index contributed by atoms with van der Waals surface area (Å²) in [4.78, 5) is 23.7. The number of benzene rings is 2. The molecular formula is C21H25NO4. The van der Waals surface area contributed by atoms with Crippen LogP contribution in [0.4, 0.5) is 0 Å². The number of hydrogen-bond donors (Lipinski definition) is 1. The van der Waals surface area contributed by atoms with E-state index in [4.69, 9.17) is 9.47 Å². The Labute approximate surface area is 154 Å². The van der Waals surface area contributed by atoms with Crippen molar-refractivity contribution in [2.45, 2.75) is 39.8 Å². The summed E-state index contributed by atoms with van der Waals surface area (Å²) in [5.41, 5.74) is 2.95. The zero-order valence-corrected chi connectivity index (χ0v) is 15.5. The van der Waals surface area contributed by atoms with Gasteiger partial charge in [-0.05, 0) is 44.0 Å². The Kier molecular flexibility index (Phi) is 7.21. The molecule has 0 bridgehead atoms. The Bertz CT molecular complexity index is 738. The van der Waals surface area contributed by atoms with Gasteiger partial charge in [-0.1, -0.05) is 42.0 Å². The van der Waals surface area contributed by atoms with Crippen molar-refractivity contribution < 1.29 is 19.1 Å². The minimum absolute atomic E-state index is 0.0643. The van der Waals surface area contributed by atoms with Crippen molar-refractivity contribution in [1.29, 1.82) is 0 Å². The summed E-state index contributed by atoms with van der Waals surface area (Å²) < 4.78 is 10.6. The van der Waals surface area contributed by atoms with Gasteiger partial charge in [0.15, 0.2) is 6.61 Å². The number of amides is 1. The van der Waals surface area contributed by atoms with E-state index in [1.807, 2.05) is 63.2 Å². The van der Waals surface area contributed by atoms with E-state index in [1.165, 1.54) is 0 Å². The summed E-state index contributed by atoms with van der Waals surface area (Å²) in [6, 6.07) is 15.2. The maximum Gasteiger partial charge on any atom is 0.310 e. The van der Waals surface area contributed by atoms with Crippen molar-refractivity contribution in [3.8, 4) is 5.75 Å². The van der Waals surface area contributed by atoms with Crippen molar-refractivity contribution in [2.24, 2.45) is 0 Å². The predicted octanol–water partition coefficient (Wildman–Crippen LogP) is 3.18. The van der Waals surface area contributed by atoms with Gasteiger partial charge < -0.3 is 14.8 Å². The summed E-state index contributed by atoms with van der Waals surface area (Å²) in [6.07, 6.45) is 0.162. The first-order valence-electron chi connectivity index (χ1n) is 8.66. The third-order valence-corrected chi connectivity index (χ3v) is 3.59. The molecule has 0 radical (unpaired) electrons. The van der Waals surface area contributed by atoms with Crippen LogP contribution < -0.4 is 10.1 Å². The van der Waals surface area contributed by atoms with Gasteiger partial charge in [-0.15, -0.1) is 0 Å². The number of hydrogen-bond acceptors (Lipinski definition) is 4. The highest BCUT2D eigenvalue weighted by molar-refractivity contribution is 5.81. The average molecular weight is 355 g/mol. The summed E-state index contributed by atoms with van der Waals surface area (Å²) in [7, 11) is 0. The number of nitrogens with one attached hydrogen (secondary N) is 1. The normalized spacial score (nSPS) is 10.5. The van der Waals surface area contributed by atoms with Crippen LogP contribution in [0.5, 0.6) is 5.75 Å². The maximum absolute atomic E-state index is 11.9. The number of rotatable bonds is 8. The minimum Gasteiger partial charge on any atom is -0.491 e. The Hall–Kier alpha value is -2.82. The molecule has 0 unspecified atom stereocenters. The molecule has 0 aliphatic carbocycles. The van der Waals surface area contributed by atoms with Crippen molar-refractivity contribution in [2.75, 3.05) is 6.61 Å². The zero-order valence-electron chi connectivity index (χ0n) is 15.5. The molecule has 0 spiro atoms. The molecule has 26 heavy (non-hydrogen) atoms. The second-order valence-electron chi connectivity index (χ2n) is 6.41. The van der Waals surface area contributed by atoms with E-state index in [9.17, 15) is 9.59 Å². The molecule has 5 nitrogen and oxygen atoms in total. The number of aryl methyl sites for hydroxylation is 1. The fraction of sp³-hybridized carbons (Fsp3) is 0.333. The monoisotopic (exact) mass is 355 g/mol. The standard InChI is InChI=1S/C21H25NO4/c1-15(2)26-19-6-4-5-18(11-19)12-21(24)25-14-20(23)22-13-17-9-7-16(3)8-10-17/h4-11,15H,12-14H2,1-3H3,(H,22,23). The van der Waals surface area contributed by atoms with E-state index in [1.54, 1.807) is 6.07 Å². The largest absolute Gasteiger partial charge is 0.491 e. The van der Waals surface area contributed by atoms with Crippen molar-refractivity contribution in [1.82, 2.24) is 5.32 Å². The van der Waals surface area contributed by atoms with Gasteiger partial charge in [0.1, 0.15) is 5.75 Å². The van der Waals surface area contributed by atoms with Gasteiger partial charge in [0.25, 0.3) is 5.91 Å². The van der Waals surface area contributed by atoms with Crippen LogP contribution in [0.25, 0.3) is 0 Å². The third kappa shape index (κ3) is 6.97. The second-order valence-corrected chi connectivity index (χ2v) is 6.41. The Balaban J connectivity index is 1.74. The van der Waals surface area contributed by atoms with Crippen LogP contribution in [0.1, 0.15) is 30.5 Å². The van der Waals surface area contributed by atoms with Gasteiger partial charge in [0.05, 0.1) is 12.5 Å². The predicted molar refractivity (Wildman–Crippen MR) is 99.9 cm³/mol. The van der Waals surface area contributed by atoms with Crippen LogP contribution >= 0.6 is 0 Å². The number of carbonyl (C=O) groups excluding carboxylic acids is 2. The molecule has 2 aromatic carbocycles. The molecule has 0 heterocycles. The highest BCUT2D eigenvalue weighted by Gasteiger charge is 2.09. The van der Waals surface area contributed by atoms with E-state index in [0.717, 1.165) is 16.7 Å². The second kappa shape index (κ2) is 9.61. The van der Waals surface area contributed by atoms with Crippen LogP contribution in [0.3, 0.4) is 0 Å². The van der Waals surface area contributed by atoms with E-state index < -0.39 is 5.97 Å². The van der Waals surface area contributed by atoms with Gasteiger partial charge in [0.2, 0.25) is 0 Å². The van der Waals surface area contributed by atoms with Crippen LogP contribution in [-0.4, -0.2) is 24.6 Å². The maximum atomic E-state index is 11.9. The quantitative estimate of drug-likeness (QED) is 0.739. The van der Waals surface area contributed by atoms with E-state index in [2.05, 4.69) is 5.32 Å². The first kappa shape index (κ1) is 19.5. The van der Waals surface area contributed by atoms with Gasteiger partial charge >= 0.3 is 5.97 Å². The smallest absolute Gasteiger partial charge is 0.310 e.